The van der Waals surface area contributed by atoms with Gasteiger partial charge in [-0.05, 0) is 65.1 Å². The average molecular weight is 867 g/mol. The summed E-state index contributed by atoms with van der Waals surface area (Å²) in [4.78, 5) is 9.64. The van der Waals surface area contributed by atoms with E-state index >= 15 is 0 Å². The maximum atomic E-state index is 7.82. The Morgan fingerprint density at radius 3 is 2.40 bits per heavy atom. The van der Waals surface area contributed by atoms with Gasteiger partial charge < -0.3 is 9.55 Å². The summed E-state index contributed by atoms with van der Waals surface area (Å²) in [5, 5.41) is 8.07. The van der Waals surface area contributed by atoms with Gasteiger partial charge in [0.1, 0.15) is 0 Å². The number of rotatable bonds is 6. The second kappa shape index (κ2) is 15.0. The number of imidazole rings is 1. The molecule has 3 heterocycles. The maximum Gasteiger partial charge on any atom is 0.0798 e. The quantitative estimate of drug-likeness (QED) is 0.123. The van der Waals surface area contributed by atoms with Crippen molar-refractivity contribution in [2.45, 2.75) is 46.8 Å². The van der Waals surface area contributed by atoms with Crippen molar-refractivity contribution in [2.24, 2.45) is 5.92 Å². The van der Waals surface area contributed by atoms with Crippen LogP contribution in [0.5, 0.6) is 0 Å². The van der Waals surface area contributed by atoms with E-state index in [1.807, 2.05) is 54.6 Å². The molecule has 0 saturated heterocycles. The monoisotopic (exact) mass is 867 g/mol. The van der Waals surface area contributed by atoms with Gasteiger partial charge in [-0.1, -0.05) is 121 Å². The second-order valence-corrected chi connectivity index (χ2v) is 19.8. The minimum atomic E-state index is -2.16. The van der Waals surface area contributed by atoms with E-state index in [1.54, 1.807) is 12.1 Å². The van der Waals surface area contributed by atoms with Crippen molar-refractivity contribution in [2.75, 3.05) is 0 Å². The predicted octanol–water partition coefficient (Wildman–Crippen LogP) is 11.5. The van der Waals surface area contributed by atoms with Crippen LogP contribution in [0.4, 0.5) is 0 Å². The third kappa shape index (κ3) is 7.45. The molecule has 3 nitrogen and oxygen atoms in total. The molecule has 0 aliphatic heterocycles. The molecule has 0 spiro atoms. The van der Waals surface area contributed by atoms with Crippen LogP contribution in [-0.4, -0.2) is 22.6 Å². The van der Waals surface area contributed by atoms with Gasteiger partial charge in [0.2, 0.25) is 0 Å². The van der Waals surface area contributed by atoms with Gasteiger partial charge >= 0.3 is 0 Å². The molecule has 0 unspecified atom stereocenters. The van der Waals surface area contributed by atoms with Crippen LogP contribution in [0, 0.1) is 24.2 Å². The summed E-state index contributed by atoms with van der Waals surface area (Å²) in [6.45, 7) is 9.57. The standard InChI is InChI=1S/C26H17N2S.C18H24NSi.Ir/c1-17-10-13-25-21(14-17)22(16-29-25)26-27-23-8-4-5-9-24(23)28(26)20-12-11-18-6-2-3-7-19(18)15-20;1-14(2)11-16-12-17(15-9-7-6-8-10-15)19-13-18(16)20(3,4)5;/h2-15H,1H3;6-9,12-14H,11H2,1-5H3;/q2*-1;/i1D3;;. The summed E-state index contributed by atoms with van der Waals surface area (Å²) in [7, 11) is -1.34. The van der Waals surface area contributed by atoms with E-state index < -0.39 is 14.9 Å². The van der Waals surface area contributed by atoms with Gasteiger partial charge in [0.05, 0.1) is 24.9 Å². The molecule has 6 heteroatoms. The molecule has 0 aliphatic rings. The summed E-state index contributed by atoms with van der Waals surface area (Å²) >= 11 is 1.48. The Labute approximate surface area is 318 Å². The first-order chi connectivity index (χ1) is 24.9. The molecular formula is C44H41IrN3SSi-2. The smallest absolute Gasteiger partial charge is 0.0798 e. The van der Waals surface area contributed by atoms with Crippen LogP contribution < -0.4 is 5.19 Å². The van der Waals surface area contributed by atoms with Crippen molar-refractivity contribution in [3.8, 4) is 28.3 Å². The van der Waals surface area contributed by atoms with Crippen LogP contribution >= 0.6 is 11.3 Å². The number of benzene rings is 5. The summed E-state index contributed by atoms with van der Waals surface area (Å²) < 4.78 is 26.6. The second-order valence-electron chi connectivity index (χ2n) is 13.9. The average Bonchev–Trinajstić information content (AvgIpc) is 3.72. The van der Waals surface area contributed by atoms with Gasteiger partial charge in [-0.3, -0.25) is 16.3 Å². The van der Waals surface area contributed by atoms with Gasteiger partial charge in [0.25, 0.3) is 0 Å². The van der Waals surface area contributed by atoms with Crippen LogP contribution in [0.15, 0.2) is 121 Å². The SMILES string of the molecule is CC(C)Cc1cc(-c2[c-]cccc2)ncc1[Si](C)(C)C.[2H]C([2H])([2H])c1ccc2s[c-]c(-c3nc4ccccc4n3-c3ccc4ccccc4c3)c2c1.[Ir]. The number of aryl methyl sites for hydroxylation is 1. The van der Waals surface area contributed by atoms with Crippen molar-refractivity contribution in [1.82, 2.24) is 14.5 Å². The predicted molar refractivity (Wildman–Crippen MR) is 213 cm³/mol. The van der Waals surface area contributed by atoms with E-state index in [0.717, 1.165) is 61.3 Å². The van der Waals surface area contributed by atoms with E-state index in [9.17, 15) is 0 Å². The van der Waals surface area contributed by atoms with Crippen LogP contribution in [-0.2, 0) is 26.5 Å². The first-order valence-corrected chi connectivity index (χ1v) is 21.1. The third-order valence-electron chi connectivity index (χ3n) is 8.70. The van der Waals surface area contributed by atoms with Crippen LogP contribution in [0.3, 0.4) is 0 Å². The van der Waals surface area contributed by atoms with Crippen molar-refractivity contribution in [1.29, 1.82) is 0 Å². The Kier molecular flexibility index (Phi) is 9.51. The maximum absolute atomic E-state index is 7.82. The van der Waals surface area contributed by atoms with Gasteiger partial charge in [0.15, 0.2) is 0 Å². The minimum absolute atomic E-state index is 0. The van der Waals surface area contributed by atoms with Crippen LogP contribution in [0.25, 0.3) is 60.2 Å². The van der Waals surface area contributed by atoms with Gasteiger partial charge in [-0.15, -0.1) is 47.3 Å². The number of para-hydroxylation sites is 2. The molecule has 253 valence electrons. The van der Waals surface area contributed by atoms with Gasteiger partial charge in [-0.2, -0.15) is 0 Å². The zero-order valence-corrected chi connectivity index (χ0v) is 33.1. The fourth-order valence-electron chi connectivity index (χ4n) is 6.39. The van der Waals surface area contributed by atoms with Crippen molar-refractivity contribution in [3.05, 3.63) is 144 Å². The van der Waals surface area contributed by atoms with E-state index in [2.05, 4.69) is 109 Å². The molecule has 0 N–H and O–H groups in total. The molecule has 5 aromatic carbocycles. The number of pyridine rings is 1. The fraction of sp³-hybridized carbons (Fsp3) is 0.182. The topological polar surface area (TPSA) is 30.7 Å². The van der Waals surface area contributed by atoms with Gasteiger partial charge in [0, 0.05) is 36.1 Å². The van der Waals surface area contributed by atoms with Crippen LogP contribution in [0.2, 0.25) is 19.6 Å². The first kappa shape index (κ1) is 31.8. The zero-order valence-electron chi connectivity index (χ0n) is 31.9. The minimum Gasteiger partial charge on any atom is -0.333 e. The number of aromatic nitrogens is 3. The van der Waals surface area contributed by atoms with E-state index in [4.69, 9.17) is 9.10 Å². The molecule has 1 radical (unpaired) electrons. The molecule has 50 heavy (non-hydrogen) atoms. The summed E-state index contributed by atoms with van der Waals surface area (Å²) in [6.07, 6.45) is 3.24. The molecular weight excluding hydrogens is 823 g/mol. The molecule has 0 aliphatic carbocycles. The van der Waals surface area contributed by atoms with Gasteiger partial charge in [-0.25, -0.2) is 0 Å². The summed E-state index contributed by atoms with van der Waals surface area (Å²) in [5.41, 5.74) is 7.64. The summed E-state index contributed by atoms with van der Waals surface area (Å²) in [6, 6.07) is 41.6. The van der Waals surface area contributed by atoms with Crippen LogP contribution in [0.1, 0.15) is 29.1 Å². The number of nitrogens with zero attached hydrogens (tertiary/aromatic N) is 3. The molecule has 8 rings (SSSR count). The molecule has 3 aromatic heterocycles. The Bertz CT molecular complexity index is 2520. The Hall–Kier alpha value is -4.19. The molecule has 0 fully saturated rings. The number of thiophene rings is 1. The van der Waals surface area contributed by atoms with Crippen molar-refractivity contribution < 1.29 is 24.2 Å². The normalized spacial score (nSPS) is 12.6. The fourth-order valence-corrected chi connectivity index (χ4v) is 8.80. The Balaban J connectivity index is 0.000000199. The number of hydrogen-bond donors (Lipinski definition) is 0. The Morgan fingerprint density at radius 2 is 1.64 bits per heavy atom. The summed E-state index contributed by atoms with van der Waals surface area (Å²) in [5.74, 6) is 1.43. The zero-order chi connectivity index (χ0) is 36.6. The third-order valence-corrected chi connectivity index (χ3v) is 11.6. The Morgan fingerprint density at radius 1 is 0.860 bits per heavy atom. The molecule has 0 amide bonds. The van der Waals surface area contributed by atoms with E-state index in [-0.39, 0.29) is 20.1 Å². The van der Waals surface area contributed by atoms with Crippen molar-refractivity contribution >= 4 is 56.5 Å². The van der Waals surface area contributed by atoms with Crippen molar-refractivity contribution in [3.63, 3.8) is 0 Å². The van der Waals surface area contributed by atoms with E-state index in [1.165, 1.54) is 27.5 Å². The first-order valence-electron chi connectivity index (χ1n) is 18.2. The molecule has 8 aromatic rings. The number of fused-ring (bicyclic) bond motifs is 3. The largest absolute Gasteiger partial charge is 0.333 e. The van der Waals surface area contributed by atoms with E-state index in [0.29, 0.717) is 11.5 Å². The molecule has 0 atom stereocenters. The molecule has 0 saturated carbocycles. The molecule has 0 bridgehead atoms. The number of hydrogen-bond acceptors (Lipinski definition) is 3.